The highest BCUT2D eigenvalue weighted by atomic mass is 16.5. The molecule has 100 valence electrons. The van der Waals surface area contributed by atoms with E-state index in [2.05, 4.69) is 5.16 Å². The fraction of sp³-hybridized carbons (Fsp3) is 0.286. The summed E-state index contributed by atoms with van der Waals surface area (Å²) >= 11 is 0. The first-order valence-corrected chi connectivity index (χ1v) is 6.03. The van der Waals surface area contributed by atoms with Crippen LogP contribution < -0.4 is 0 Å². The number of carbonyl (C=O) groups is 1. The fourth-order valence-corrected chi connectivity index (χ4v) is 1.79. The summed E-state index contributed by atoms with van der Waals surface area (Å²) in [6.07, 6.45) is -0.578. The molecule has 1 aromatic heterocycles. The van der Waals surface area contributed by atoms with Gasteiger partial charge in [0.15, 0.2) is 0 Å². The van der Waals surface area contributed by atoms with Crippen LogP contribution in [0.15, 0.2) is 40.9 Å². The van der Waals surface area contributed by atoms with Crippen LogP contribution in [0.4, 0.5) is 0 Å². The second-order valence-electron chi connectivity index (χ2n) is 4.48. The predicted molar refractivity (Wildman–Crippen MR) is 70.6 cm³/mol. The minimum atomic E-state index is -0.578. The number of hydrogen-bond donors (Lipinski definition) is 1. The van der Waals surface area contributed by atoms with Crippen molar-refractivity contribution in [1.82, 2.24) is 10.1 Å². The molecular formula is C14H16N2O3. The maximum Gasteiger partial charge on any atom is 0.292 e. The zero-order valence-electron chi connectivity index (χ0n) is 10.9. The van der Waals surface area contributed by atoms with Crippen molar-refractivity contribution < 1.29 is 14.4 Å². The lowest BCUT2D eigenvalue weighted by Crippen LogP contribution is -2.32. The Hall–Kier alpha value is -2.14. The van der Waals surface area contributed by atoms with Crippen LogP contribution in [-0.4, -0.2) is 40.8 Å². The molecule has 0 radical (unpaired) electrons. The van der Waals surface area contributed by atoms with E-state index in [-0.39, 0.29) is 18.2 Å². The lowest BCUT2D eigenvalue weighted by molar-refractivity contribution is 0.0664. The molecular weight excluding hydrogens is 244 g/mol. The molecule has 1 amide bonds. The smallest absolute Gasteiger partial charge is 0.292 e. The maximum atomic E-state index is 12.0. The number of likely N-dealkylation sites (N-methyl/N-ethyl adjacent to an activating group) is 1. The molecule has 1 atom stereocenters. The number of aromatic nitrogens is 1. The highest BCUT2D eigenvalue weighted by molar-refractivity contribution is 5.92. The van der Waals surface area contributed by atoms with E-state index < -0.39 is 6.10 Å². The second kappa shape index (κ2) is 5.67. The van der Waals surface area contributed by atoms with E-state index in [1.165, 1.54) is 4.90 Å². The molecule has 5 nitrogen and oxygen atoms in total. The number of rotatable bonds is 4. The molecule has 2 aromatic rings. The molecule has 0 aliphatic rings. The van der Waals surface area contributed by atoms with Gasteiger partial charge in [0.1, 0.15) is 5.69 Å². The van der Waals surface area contributed by atoms with Gasteiger partial charge in [-0.15, -0.1) is 0 Å². The van der Waals surface area contributed by atoms with E-state index in [9.17, 15) is 9.90 Å². The van der Waals surface area contributed by atoms with Gasteiger partial charge in [0.25, 0.3) is 5.91 Å². The Morgan fingerprint density at radius 2 is 2.11 bits per heavy atom. The van der Waals surface area contributed by atoms with Gasteiger partial charge in [-0.05, 0) is 6.92 Å². The number of amides is 1. The maximum absolute atomic E-state index is 12.0. The van der Waals surface area contributed by atoms with Crippen LogP contribution in [0, 0.1) is 0 Å². The Kier molecular flexibility index (Phi) is 3.97. The number of aliphatic hydroxyl groups is 1. The number of nitrogens with zero attached hydrogens (tertiary/aromatic N) is 2. The summed E-state index contributed by atoms with van der Waals surface area (Å²) in [5, 5.41) is 13.1. The highest BCUT2D eigenvalue weighted by Crippen LogP contribution is 2.19. The first-order chi connectivity index (χ1) is 9.08. The fourth-order valence-electron chi connectivity index (χ4n) is 1.79. The van der Waals surface area contributed by atoms with Crippen molar-refractivity contribution in [2.75, 3.05) is 13.6 Å². The molecule has 0 spiro atoms. The topological polar surface area (TPSA) is 66.6 Å². The van der Waals surface area contributed by atoms with E-state index in [1.54, 1.807) is 20.0 Å². The average Bonchev–Trinajstić information content (AvgIpc) is 2.87. The molecule has 2 rings (SSSR count). The van der Waals surface area contributed by atoms with Crippen molar-refractivity contribution >= 4 is 5.91 Å². The molecule has 1 unspecified atom stereocenters. The number of benzene rings is 1. The first-order valence-electron chi connectivity index (χ1n) is 6.03. The summed E-state index contributed by atoms with van der Waals surface area (Å²) < 4.78 is 5.06. The summed E-state index contributed by atoms with van der Waals surface area (Å²) in [6.45, 7) is 1.87. The quantitative estimate of drug-likeness (QED) is 0.910. The van der Waals surface area contributed by atoms with Gasteiger partial charge in [-0.2, -0.15) is 0 Å². The minimum Gasteiger partial charge on any atom is -0.392 e. The van der Waals surface area contributed by atoms with Gasteiger partial charge in [-0.3, -0.25) is 4.79 Å². The summed E-state index contributed by atoms with van der Waals surface area (Å²) in [4.78, 5) is 13.4. The molecule has 0 fully saturated rings. The van der Waals surface area contributed by atoms with E-state index in [1.807, 2.05) is 30.3 Å². The zero-order valence-corrected chi connectivity index (χ0v) is 10.9. The van der Waals surface area contributed by atoms with Crippen molar-refractivity contribution in [2.24, 2.45) is 0 Å². The lowest BCUT2D eigenvalue weighted by atomic mass is 10.1. The molecule has 1 heterocycles. The normalized spacial score (nSPS) is 12.2. The SMILES string of the molecule is CC(O)CN(C)C(=O)c1cc(-c2ccccc2)no1. The molecule has 1 N–H and O–H groups in total. The summed E-state index contributed by atoms with van der Waals surface area (Å²) in [7, 11) is 1.61. The molecule has 19 heavy (non-hydrogen) atoms. The Balaban J connectivity index is 2.15. The van der Waals surface area contributed by atoms with Gasteiger partial charge in [0.05, 0.1) is 6.10 Å². The number of carbonyl (C=O) groups excluding carboxylic acids is 1. The van der Waals surface area contributed by atoms with Crippen LogP contribution in [0.3, 0.4) is 0 Å². The Labute approximate surface area is 111 Å². The Morgan fingerprint density at radius 1 is 1.42 bits per heavy atom. The largest absolute Gasteiger partial charge is 0.392 e. The lowest BCUT2D eigenvalue weighted by Gasteiger charge is -2.16. The van der Waals surface area contributed by atoms with Crippen molar-refractivity contribution in [2.45, 2.75) is 13.0 Å². The van der Waals surface area contributed by atoms with Crippen LogP contribution in [-0.2, 0) is 0 Å². The number of hydrogen-bond acceptors (Lipinski definition) is 4. The third-order valence-electron chi connectivity index (χ3n) is 2.68. The van der Waals surface area contributed by atoms with Crippen molar-refractivity contribution in [1.29, 1.82) is 0 Å². The van der Waals surface area contributed by atoms with Crippen molar-refractivity contribution in [3.05, 3.63) is 42.2 Å². The van der Waals surface area contributed by atoms with Crippen molar-refractivity contribution in [3.8, 4) is 11.3 Å². The van der Waals surface area contributed by atoms with Crippen LogP contribution >= 0.6 is 0 Å². The Bertz CT molecular complexity index is 549. The predicted octanol–water partition coefficient (Wildman–Crippen LogP) is 1.79. The van der Waals surface area contributed by atoms with E-state index in [0.717, 1.165) is 5.56 Å². The van der Waals surface area contributed by atoms with Gasteiger partial charge in [0.2, 0.25) is 5.76 Å². The molecule has 0 aliphatic carbocycles. The molecule has 0 aliphatic heterocycles. The first kappa shape index (κ1) is 13.3. The highest BCUT2D eigenvalue weighted by Gasteiger charge is 2.18. The third-order valence-corrected chi connectivity index (χ3v) is 2.68. The van der Waals surface area contributed by atoms with E-state index >= 15 is 0 Å². The molecule has 0 saturated heterocycles. The number of aliphatic hydroxyl groups excluding tert-OH is 1. The van der Waals surface area contributed by atoms with E-state index in [0.29, 0.717) is 5.69 Å². The monoisotopic (exact) mass is 260 g/mol. The molecule has 1 aromatic carbocycles. The van der Waals surface area contributed by atoms with Crippen LogP contribution in [0.5, 0.6) is 0 Å². The Morgan fingerprint density at radius 3 is 2.74 bits per heavy atom. The van der Waals surface area contributed by atoms with Gasteiger partial charge in [-0.1, -0.05) is 35.5 Å². The van der Waals surface area contributed by atoms with E-state index in [4.69, 9.17) is 4.52 Å². The van der Waals surface area contributed by atoms with Gasteiger partial charge in [0, 0.05) is 25.2 Å². The second-order valence-corrected chi connectivity index (χ2v) is 4.48. The minimum absolute atomic E-state index is 0.169. The van der Waals surface area contributed by atoms with Crippen LogP contribution in [0.25, 0.3) is 11.3 Å². The molecule has 5 heteroatoms. The summed E-state index contributed by atoms with van der Waals surface area (Å²) in [6, 6.07) is 11.1. The third kappa shape index (κ3) is 3.20. The average molecular weight is 260 g/mol. The molecule has 0 saturated carbocycles. The standard InChI is InChI=1S/C14H16N2O3/c1-10(17)9-16(2)14(18)13-8-12(15-19-13)11-6-4-3-5-7-11/h3-8,10,17H,9H2,1-2H3. The van der Waals surface area contributed by atoms with Gasteiger partial charge in [-0.25, -0.2) is 0 Å². The summed E-state index contributed by atoms with van der Waals surface area (Å²) in [5.74, 6) is -0.127. The van der Waals surface area contributed by atoms with Crippen LogP contribution in [0.1, 0.15) is 17.5 Å². The van der Waals surface area contributed by atoms with Crippen LogP contribution in [0.2, 0.25) is 0 Å². The van der Waals surface area contributed by atoms with Crippen molar-refractivity contribution in [3.63, 3.8) is 0 Å². The van der Waals surface area contributed by atoms with Gasteiger partial charge < -0.3 is 14.5 Å². The van der Waals surface area contributed by atoms with Gasteiger partial charge >= 0.3 is 0 Å². The summed E-state index contributed by atoms with van der Waals surface area (Å²) in [5.41, 5.74) is 1.51. The molecule has 0 bridgehead atoms. The zero-order chi connectivity index (χ0) is 13.8.